The molecule has 36 heavy (non-hydrogen) atoms. The Kier molecular flexibility index (Phi) is 8.02. The molecule has 0 aliphatic carbocycles. The van der Waals surface area contributed by atoms with E-state index in [1.54, 1.807) is 28.9 Å². The summed E-state index contributed by atoms with van der Waals surface area (Å²) >= 11 is 0. The molecule has 9 heteroatoms. The Balaban J connectivity index is 0.00000304. The molecule has 3 aromatic carbocycles. The van der Waals surface area contributed by atoms with Gasteiger partial charge in [0.1, 0.15) is 0 Å². The summed E-state index contributed by atoms with van der Waals surface area (Å²) in [4.78, 5) is 0.169. The molecule has 0 bridgehead atoms. The van der Waals surface area contributed by atoms with Gasteiger partial charge in [-0.25, -0.2) is 0 Å². The summed E-state index contributed by atoms with van der Waals surface area (Å²) < 4.78 is 34.1. The van der Waals surface area contributed by atoms with Crippen LogP contribution in [0.1, 0.15) is 17.7 Å². The van der Waals surface area contributed by atoms with Crippen LogP contribution in [-0.2, 0) is 20.8 Å². The second-order valence-electron chi connectivity index (χ2n) is 8.31. The van der Waals surface area contributed by atoms with E-state index in [4.69, 9.17) is 4.18 Å². The Morgan fingerprint density at radius 1 is 0.917 bits per heavy atom. The van der Waals surface area contributed by atoms with Crippen LogP contribution in [0, 0.1) is 13.5 Å². The van der Waals surface area contributed by atoms with Gasteiger partial charge in [0.05, 0.1) is 17.0 Å². The van der Waals surface area contributed by atoms with Crippen LogP contribution >= 0.6 is 0 Å². The summed E-state index contributed by atoms with van der Waals surface area (Å²) in [5.41, 5.74) is 5.82. The number of rotatable bonds is 9. The zero-order valence-electron chi connectivity index (χ0n) is 20.3. The van der Waals surface area contributed by atoms with Crippen molar-refractivity contribution in [2.24, 2.45) is 0 Å². The predicted octanol–water partition coefficient (Wildman–Crippen LogP) is 2.07. The maximum absolute atomic E-state index is 12.5. The van der Waals surface area contributed by atoms with Crippen molar-refractivity contribution >= 4 is 21.2 Å². The molecule has 178 valence electrons. The van der Waals surface area contributed by atoms with Gasteiger partial charge in [0.15, 0.2) is 0 Å². The fraction of sp³-hybridized carbons (Fsp3) is 0.148. The van der Waals surface area contributed by atoms with Gasteiger partial charge in [-0.1, -0.05) is 83.5 Å². The zero-order chi connectivity index (χ0) is 24.3. The molecule has 0 radical (unpaired) electrons. The molecule has 0 fully saturated rings. The van der Waals surface area contributed by atoms with Gasteiger partial charge in [-0.3, -0.25) is 4.18 Å². The fourth-order valence-electron chi connectivity index (χ4n) is 3.90. The summed E-state index contributed by atoms with van der Waals surface area (Å²) in [7, 11) is -3.78. The van der Waals surface area contributed by atoms with E-state index >= 15 is 0 Å². The first kappa shape index (κ1) is 25.8. The minimum atomic E-state index is -3.78. The SMILES string of the molecule is Cc1ccc(S(=O)(=O)OCCCn2cc(-c3ccccc3)cc2[CH-]n2nnc3ccccc32)cc1.[Li+]. The van der Waals surface area contributed by atoms with Gasteiger partial charge in [-0.05, 0) is 54.5 Å². The maximum Gasteiger partial charge on any atom is 1.00 e. The standard InChI is InChI=1S/C27H25N4O3S.Li/c1-21-12-14-25(15-13-21)35(32,33)34-17-7-16-30-19-23(22-8-3-2-4-9-22)18-24(30)20-31-27-11-6-5-10-26(27)28-29-31;/h2-6,8-15,18-20H,7,16-17H2,1H3;/q-1;+1. The van der Waals surface area contributed by atoms with Gasteiger partial charge in [-0.15, -0.1) is 11.2 Å². The molecule has 0 unspecified atom stereocenters. The second-order valence-corrected chi connectivity index (χ2v) is 9.92. The van der Waals surface area contributed by atoms with E-state index in [1.165, 1.54) is 0 Å². The molecule has 0 saturated carbocycles. The van der Waals surface area contributed by atoms with Crippen LogP contribution in [0.3, 0.4) is 0 Å². The Morgan fingerprint density at radius 2 is 1.64 bits per heavy atom. The van der Waals surface area contributed by atoms with E-state index in [0.717, 1.165) is 33.4 Å². The van der Waals surface area contributed by atoms with E-state index in [2.05, 4.69) is 39.3 Å². The smallest absolute Gasteiger partial charge is 0.369 e. The number of nitrogens with zero attached hydrogens (tertiary/aromatic N) is 4. The number of para-hydroxylation sites is 1. The minimum absolute atomic E-state index is 0. The molecule has 0 aliphatic heterocycles. The minimum Gasteiger partial charge on any atom is -0.369 e. The van der Waals surface area contributed by atoms with Crippen molar-refractivity contribution in [2.75, 3.05) is 6.61 Å². The zero-order valence-corrected chi connectivity index (χ0v) is 21.1. The Bertz CT molecular complexity index is 1550. The molecule has 0 saturated heterocycles. The largest absolute Gasteiger partial charge is 1.00 e. The molecule has 0 N–H and O–H groups in total. The van der Waals surface area contributed by atoms with E-state index in [1.807, 2.05) is 55.9 Å². The molecule has 0 atom stereocenters. The van der Waals surface area contributed by atoms with E-state index in [0.29, 0.717) is 13.0 Å². The summed E-state index contributed by atoms with van der Waals surface area (Å²) in [5, 5.41) is 8.51. The van der Waals surface area contributed by atoms with Crippen LogP contribution in [0.5, 0.6) is 0 Å². The first-order valence-corrected chi connectivity index (χ1v) is 12.8. The van der Waals surface area contributed by atoms with Gasteiger partial charge in [0.25, 0.3) is 10.1 Å². The normalized spacial score (nSPS) is 11.4. The van der Waals surface area contributed by atoms with Gasteiger partial charge < -0.3 is 9.25 Å². The number of fused-ring (bicyclic) bond motifs is 1. The Morgan fingerprint density at radius 3 is 2.42 bits per heavy atom. The first-order valence-electron chi connectivity index (χ1n) is 11.4. The first-order chi connectivity index (χ1) is 17.0. The quantitative estimate of drug-likeness (QED) is 0.136. The number of hydrogen-bond acceptors (Lipinski definition) is 5. The predicted molar refractivity (Wildman–Crippen MR) is 135 cm³/mol. The molecule has 0 spiro atoms. The topological polar surface area (TPSA) is 79.0 Å². The molecule has 0 aliphatic rings. The van der Waals surface area contributed by atoms with Crippen LogP contribution in [0.25, 0.3) is 22.2 Å². The molecule has 7 nitrogen and oxygen atoms in total. The van der Waals surface area contributed by atoms with Crippen LogP contribution in [0.15, 0.2) is 96.0 Å². The maximum atomic E-state index is 12.5. The van der Waals surface area contributed by atoms with Gasteiger partial charge in [-0.2, -0.15) is 8.42 Å². The average molecular weight is 493 g/mol. The Hall–Kier alpha value is -3.28. The molecular weight excluding hydrogens is 467 g/mol. The monoisotopic (exact) mass is 492 g/mol. The third-order valence-corrected chi connectivity index (χ3v) is 7.09. The Labute approximate surface area is 223 Å². The van der Waals surface area contributed by atoms with E-state index in [-0.39, 0.29) is 30.4 Å². The van der Waals surface area contributed by atoms with Gasteiger partial charge >= 0.3 is 18.9 Å². The van der Waals surface area contributed by atoms with Gasteiger partial charge in [0, 0.05) is 6.54 Å². The molecule has 5 aromatic rings. The van der Waals surface area contributed by atoms with Crippen LogP contribution < -0.4 is 18.9 Å². The van der Waals surface area contributed by atoms with Crippen molar-refractivity contribution < 1.29 is 31.5 Å². The van der Waals surface area contributed by atoms with Crippen molar-refractivity contribution in [1.29, 1.82) is 0 Å². The molecule has 0 amide bonds. The third-order valence-electron chi connectivity index (χ3n) is 5.76. The van der Waals surface area contributed by atoms with Gasteiger partial charge in [0.2, 0.25) is 0 Å². The molecule has 5 rings (SSSR count). The van der Waals surface area contributed by atoms with Crippen molar-refractivity contribution in [3.63, 3.8) is 0 Å². The summed E-state index contributed by atoms with van der Waals surface area (Å²) in [6.45, 7) is 4.51. The average Bonchev–Trinajstić information content (AvgIpc) is 3.47. The van der Waals surface area contributed by atoms with Crippen molar-refractivity contribution in [3.05, 3.63) is 109 Å². The summed E-state index contributed by atoms with van der Waals surface area (Å²) in [5.74, 6) is 0. The van der Waals surface area contributed by atoms with Crippen molar-refractivity contribution in [1.82, 2.24) is 19.6 Å². The number of benzene rings is 3. The number of aryl methyl sites for hydroxylation is 2. The molecule has 2 heterocycles. The summed E-state index contributed by atoms with van der Waals surface area (Å²) in [6, 6.07) is 26.7. The third kappa shape index (κ3) is 5.74. The van der Waals surface area contributed by atoms with Crippen molar-refractivity contribution in [2.45, 2.75) is 24.8 Å². The number of aromatic nitrogens is 4. The van der Waals surface area contributed by atoms with Crippen LogP contribution in [-0.4, -0.2) is 34.6 Å². The van der Waals surface area contributed by atoms with E-state index < -0.39 is 10.1 Å². The van der Waals surface area contributed by atoms with Crippen LogP contribution in [0.4, 0.5) is 0 Å². The van der Waals surface area contributed by atoms with Crippen LogP contribution in [0.2, 0.25) is 0 Å². The summed E-state index contributed by atoms with van der Waals surface area (Å²) in [6.07, 6.45) is 2.59. The second kappa shape index (κ2) is 11.2. The fourth-order valence-corrected chi connectivity index (χ4v) is 4.84. The number of hydrogen-bond donors (Lipinski definition) is 0. The molecule has 2 aromatic heterocycles. The molecular formula is C27H25LiN4O3S. The van der Waals surface area contributed by atoms with Crippen molar-refractivity contribution in [3.8, 4) is 11.1 Å². The van der Waals surface area contributed by atoms with E-state index in [9.17, 15) is 8.42 Å².